The van der Waals surface area contributed by atoms with Crippen molar-refractivity contribution in [1.82, 2.24) is 5.16 Å². The predicted molar refractivity (Wildman–Crippen MR) is 117 cm³/mol. The lowest BCUT2D eigenvalue weighted by Gasteiger charge is -2.08. The molecule has 0 aliphatic rings. The van der Waals surface area contributed by atoms with Crippen molar-refractivity contribution in [3.05, 3.63) is 71.1 Å². The van der Waals surface area contributed by atoms with Crippen LogP contribution >= 0.6 is 0 Å². The highest BCUT2D eigenvalue weighted by atomic mass is 32.2. The van der Waals surface area contributed by atoms with Crippen molar-refractivity contribution in [2.45, 2.75) is 25.2 Å². The van der Waals surface area contributed by atoms with Gasteiger partial charge in [-0.3, -0.25) is 9.52 Å². The molecule has 0 fully saturated rings. The smallest absolute Gasteiger partial charge is 0.261 e. The summed E-state index contributed by atoms with van der Waals surface area (Å²) in [6, 6.07) is 14.4. The molecule has 3 aromatic rings. The average molecular weight is 436 g/mol. The quantitative estimate of drug-likeness (QED) is 0.572. The lowest BCUT2D eigenvalue weighted by atomic mass is 10.2. The number of hydrogen-bond donors (Lipinski definition) is 2. The molecule has 0 bridgehead atoms. The van der Waals surface area contributed by atoms with Crippen LogP contribution in [0.3, 0.4) is 0 Å². The number of rotatable bonds is 7. The van der Waals surface area contributed by atoms with Crippen LogP contribution < -0.4 is 10.0 Å². The average Bonchev–Trinajstić information content (AvgIpc) is 3.11. The van der Waals surface area contributed by atoms with Gasteiger partial charge in [-0.25, -0.2) is 8.42 Å². The molecule has 0 aliphatic carbocycles. The normalized spacial score (nSPS) is 11.3. The van der Waals surface area contributed by atoms with Crippen LogP contribution in [0.15, 0.2) is 57.9 Å². The van der Waals surface area contributed by atoms with Crippen LogP contribution in [-0.4, -0.2) is 19.5 Å². The third-order valence-corrected chi connectivity index (χ3v) is 5.73. The van der Waals surface area contributed by atoms with Crippen LogP contribution in [0.4, 0.5) is 11.4 Å². The standard InChI is InChI=1S/C22H20N4O4S/c1-3-21(27)24-22-15(2)25-30-20(22)12-9-16-7-10-19(11-8-16)31(28,29)26-18-6-4-5-17(13-18)14-23/h4-13,26H,3H2,1-2H3,(H,24,27)/b12-9-. The number of amides is 1. The number of nitrogens with one attached hydrogen (secondary N) is 2. The summed E-state index contributed by atoms with van der Waals surface area (Å²) in [5.41, 5.74) is 2.47. The molecule has 31 heavy (non-hydrogen) atoms. The van der Waals surface area contributed by atoms with Gasteiger partial charge in [-0.05, 0) is 48.9 Å². The summed E-state index contributed by atoms with van der Waals surface area (Å²) in [6.07, 6.45) is 3.71. The van der Waals surface area contributed by atoms with Gasteiger partial charge >= 0.3 is 0 Å². The fraction of sp³-hybridized carbons (Fsp3) is 0.136. The predicted octanol–water partition coefficient (Wildman–Crippen LogP) is 4.17. The number of aromatic nitrogens is 1. The van der Waals surface area contributed by atoms with Gasteiger partial charge in [0.05, 0.1) is 22.2 Å². The lowest BCUT2D eigenvalue weighted by molar-refractivity contribution is -0.115. The summed E-state index contributed by atoms with van der Waals surface area (Å²) in [5.74, 6) is 0.248. The van der Waals surface area contributed by atoms with Crippen molar-refractivity contribution in [2.24, 2.45) is 0 Å². The molecule has 158 valence electrons. The van der Waals surface area contributed by atoms with E-state index in [1.54, 1.807) is 56.3 Å². The van der Waals surface area contributed by atoms with E-state index >= 15 is 0 Å². The second-order valence-electron chi connectivity index (χ2n) is 6.61. The fourth-order valence-electron chi connectivity index (χ4n) is 2.68. The molecule has 0 unspecified atom stereocenters. The first-order valence-electron chi connectivity index (χ1n) is 9.39. The Balaban J connectivity index is 1.76. The Morgan fingerprint density at radius 3 is 2.61 bits per heavy atom. The summed E-state index contributed by atoms with van der Waals surface area (Å²) in [5, 5.41) is 15.6. The fourth-order valence-corrected chi connectivity index (χ4v) is 3.73. The van der Waals surface area contributed by atoms with Crippen molar-refractivity contribution in [2.75, 3.05) is 10.0 Å². The zero-order chi connectivity index (χ0) is 22.4. The van der Waals surface area contributed by atoms with E-state index in [-0.39, 0.29) is 10.8 Å². The van der Waals surface area contributed by atoms with Crippen molar-refractivity contribution in [3.63, 3.8) is 0 Å². The molecule has 0 spiro atoms. The molecule has 0 radical (unpaired) electrons. The topological polar surface area (TPSA) is 125 Å². The molecule has 2 aromatic carbocycles. The number of carbonyl (C=O) groups excluding carboxylic acids is 1. The molecule has 0 saturated carbocycles. The van der Waals surface area contributed by atoms with Gasteiger partial charge in [-0.15, -0.1) is 0 Å². The van der Waals surface area contributed by atoms with E-state index in [4.69, 9.17) is 9.78 Å². The third kappa shape index (κ3) is 5.38. The van der Waals surface area contributed by atoms with E-state index in [9.17, 15) is 13.2 Å². The van der Waals surface area contributed by atoms with Crippen molar-refractivity contribution < 1.29 is 17.7 Å². The van der Waals surface area contributed by atoms with E-state index in [1.807, 2.05) is 6.07 Å². The maximum Gasteiger partial charge on any atom is 0.261 e. The Kier molecular flexibility index (Phi) is 6.52. The van der Waals surface area contributed by atoms with E-state index in [0.29, 0.717) is 34.8 Å². The Bertz CT molecular complexity index is 1270. The SMILES string of the molecule is CCC(=O)Nc1c(C)noc1/C=C\c1ccc(S(=O)(=O)Nc2cccc(C#N)c2)cc1. The molecule has 0 saturated heterocycles. The van der Waals surface area contributed by atoms with Gasteiger partial charge < -0.3 is 9.84 Å². The maximum absolute atomic E-state index is 12.6. The Labute approximate surface area is 180 Å². The first kappa shape index (κ1) is 21.8. The molecule has 0 atom stereocenters. The third-order valence-electron chi connectivity index (χ3n) is 4.34. The first-order chi connectivity index (χ1) is 14.8. The van der Waals surface area contributed by atoms with Crippen molar-refractivity contribution >= 4 is 39.5 Å². The molecule has 8 nitrogen and oxygen atoms in total. The number of hydrogen-bond acceptors (Lipinski definition) is 6. The molecule has 0 aliphatic heterocycles. The van der Waals surface area contributed by atoms with E-state index in [2.05, 4.69) is 15.2 Å². The summed E-state index contributed by atoms with van der Waals surface area (Å²) >= 11 is 0. The van der Waals surface area contributed by atoms with Gasteiger partial charge in [0, 0.05) is 6.42 Å². The van der Waals surface area contributed by atoms with Crippen LogP contribution in [0.2, 0.25) is 0 Å². The summed E-state index contributed by atoms with van der Waals surface area (Å²) < 4.78 is 32.9. The van der Waals surface area contributed by atoms with Crippen molar-refractivity contribution in [1.29, 1.82) is 5.26 Å². The van der Waals surface area contributed by atoms with Crippen LogP contribution in [0, 0.1) is 18.3 Å². The minimum atomic E-state index is -3.80. The second kappa shape index (κ2) is 9.28. The number of nitrogens with zero attached hydrogens (tertiary/aromatic N) is 2. The minimum absolute atomic E-state index is 0.0819. The molecule has 1 heterocycles. The van der Waals surface area contributed by atoms with E-state index < -0.39 is 10.0 Å². The maximum atomic E-state index is 12.6. The van der Waals surface area contributed by atoms with Crippen molar-refractivity contribution in [3.8, 4) is 6.07 Å². The van der Waals surface area contributed by atoms with Crippen LogP contribution in [0.25, 0.3) is 12.2 Å². The van der Waals surface area contributed by atoms with Gasteiger partial charge in [-0.2, -0.15) is 5.26 Å². The Hall–Kier alpha value is -3.90. The van der Waals surface area contributed by atoms with Gasteiger partial charge in [0.25, 0.3) is 10.0 Å². The Morgan fingerprint density at radius 2 is 1.94 bits per heavy atom. The summed E-state index contributed by atoms with van der Waals surface area (Å²) in [4.78, 5) is 11.8. The highest BCUT2D eigenvalue weighted by molar-refractivity contribution is 7.92. The first-order valence-corrected chi connectivity index (χ1v) is 10.9. The highest BCUT2D eigenvalue weighted by Gasteiger charge is 2.15. The lowest BCUT2D eigenvalue weighted by Crippen LogP contribution is -2.12. The van der Waals surface area contributed by atoms with Crippen LogP contribution in [0.5, 0.6) is 0 Å². The van der Waals surface area contributed by atoms with Gasteiger partial charge in [-0.1, -0.05) is 36.4 Å². The van der Waals surface area contributed by atoms with Crippen LogP contribution in [-0.2, 0) is 14.8 Å². The number of anilines is 2. The van der Waals surface area contributed by atoms with Crippen LogP contribution in [0.1, 0.15) is 35.9 Å². The van der Waals surface area contributed by atoms with Gasteiger partial charge in [0.1, 0.15) is 11.4 Å². The number of aryl methyl sites for hydroxylation is 1. The molecule has 2 N–H and O–H groups in total. The number of benzene rings is 2. The molecular weight excluding hydrogens is 416 g/mol. The summed E-state index contributed by atoms with van der Waals surface area (Å²) in [7, 11) is -3.80. The number of nitriles is 1. The monoisotopic (exact) mass is 436 g/mol. The van der Waals surface area contributed by atoms with E-state index in [1.165, 1.54) is 18.2 Å². The molecule has 9 heteroatoms. The Morgan fingerprint density at radius 1 is 1.19 bits per heavy atom. The van der Waals surface area contributed by atoms with Gasteiger partial charge in [0.15, 0.2) is 5.76 Å². The zero-order valence-electron chi connectivity index (χ0n) is 16.9. The minimum Gasteiger partial charge on any atom is -0.354 e. The number of sulfonamides is 1. The highest BCUT2D eigenvalue weighted by Crippen LogP contribution is 2.23. The molecule has 1 aromatic heterocycles. The summed E-state index contributed by atoms with van der Waals surface area (Å²) in [6.45, 7) is 3.48. The second-order valence-corrected chi connectivity index (χ2v) is 8.29. The molecular formula is C22H20N4O4S. The van der Waals surface area contributed by atoms with E-state index in [0.717, 1.165) is 5.56 Å². The zero-order valence-corrected chi connectivity index (χ0v) is 17.7. The van der Waals surface area contributed by atoms with Gasteiger partial charge in [0.2, 0.25) is 5.91 Å². The largest absolute Gasteiger partial charge is 0.354 e. The molecule has 3 rings (SSSR count). The molecule has 1 amide bonds. The number of carbonyl (C=O) groups is 1.